The van der Waals surface area contributed by atoms with Gasteiger partial charge in [0.05, 0.1) is 55.7 Å². The lowest BCUT2D eigenvalue weighted by Gasteiger charge is -2.28. The van der Waals surface area contributed by atoms with Crippen molar-refractivity contribution >= 4 is 17.6 Å². The van der Waals surface area contributed by atoms with Crippen LogP contribution in [0.2, 0.25) is 0 Å². The smallest absolute Gasteiger partial charge is 0.433 e. The number of carbonyl (C=O) groups is 2. The lowest BCUT2D eigenvalue weighted by Crippen LogP contribution is -2.36. The molecule has 2 aliphatic heterocycles. The maximum absolute atomic E-state index is 12.2. The van der Waals surface area contributed by atoms with E-state index in [1.165, 1.54) is 34.0 Å². The van der Waals surface area contributed by atoms with Crippen molar-refractivity contribution in [1.29, 1.82) is 0 Å². The second-order valence-electron chi connectivity index (χ2n) is 32.2. The first-order valence-corrected chi connectivity index (χ1v) is 40.8. The van der Waals surface area contributed by atoms with Crippen molar-refractivity contribution in [1.82, 2.24) is 74.4 Å². The summed E-state index contributed by atoms with van der Waals surface area (Å²) < 4.78 is 95.1. The van der Waals surface area contributed by atoms with Crippen molar-refractivity contribution in [2.45, 2.75) is 256 Å². The molecule has 0 radical (unpaired) electrons. The number of ether oxygens (including phenoxy) is 3. The Kier molecular flexibility index (Phi) is 44.9. The topological polar surface area (TPSA) is 224 Å². The number of alkyl halides is 6. The van der Waals surface area contributed by atoms with Crippen LogP contribution in [0.1, 0.15) is 320 Å². The number of morpholine rings is 1. The molecule has 2 aliphatic rings. The van der Waals surface area contributed by atoms with Gasteiger partial charge in [0.1, 0.15) is 24.2 Å². The quantitative estimate of drug-likeness (QED) is 0.0788. The number of anilines is 1. The molecule has 1 N–H and O–H groups in total. The standard InChI is InChI=1S/C12H18N2O.C11H18N2O.C11H16N2O.C11H15NO.C10H18N2.C9H10F3N.C9H14N2O.C9H16N2.C8H9F3N2/c1-10(2)11-3-4-13-12(9-11)14-5-7-15-8-6-14;1-9(2)10-7-12-13(8-10)11-3-5-14-6-4-11;1-8(2)10-7-9(5-6-12-10)11(14)13(3)4;1-8(2)9-5-4-6-10(7-9)11(13)12-3;1-8(2)6-12-7-10(5-11-12)9(3)4;1-6(2)8-5-7(3-4-13-8)9(10,11)12;1-4-12-9-5-8(7(2)3)10-6-11-9;1-7(2)9-5-10-11(6-9)8(3)4;1-5(2)6-3-7(8(9,10)11)13-4-12-6/h3-4,9-10H,5-8H2,1-2H3;7-9,11H,3-6H2,1-2H3;5-8H,1-4H3;4-8H,1-3H3,(H,12,13);5,7-9H,6H2,1-4H3;3-6H,1-2H3;5-7H,4H2,1-3H3;5-8H,1-4H3;3-5H,1-2H3. The van der Waals surface area contributed by atoms with Crippen molar-refractivity contribution in [2.24, 2.45) is 5.92 Å². The Balaban J connectivity index is 0.000000341. The minimum atomic E-state index is -4.38. The van der Waals surface area contributed by atoms with Gasteiger partial charge >= 0.3 is 12.4 Å². The van der Waals surface area contributed by atoms with Gasteiger partial charge in [0.2, 0.25) is 5.88 Å². The molecule has 1 aromatic carbocycles. The third kappa shape index (κ3) is 38.2. The molecular formula is C90H134F6N16O5. The molecule has 2 amide bonds. The molecule has 27 heteroatoms. The third-order valence-corrected chi connectivity index (χ3v) is 18.2. The zero-order valence-electron chi connectivity index (χ0n) is 74.3. The molecular weight excluding hydrogens is 1500 g/mol. The fraction of sp³-hybridized carbons (Fsp3) is 0.556. The van der Waals surface area contributed by atoms with E-state index >= 15 is 0 Å². The zero-order valence-corrected chi connectivity index (χ0v) is 74.3. The van der Waals surface area contributed by atoms with Gasteiger partial charge in [0.25, 0.3) is 11.8 Å². The van der Waals surface area contributed by atoms with Crippen LogP contribution in [0.4, 0.5) is 32.2 Å². The highest BCUT2D eigenvalue weighted by Crippen LogP contribution is 2.32. The zero-order chi connectivity index (χ0) is 87.9. The molecule has 0 bridgehead atoms. The maximum atomic E-state index is 12.2. The fourth-order valence-corrected chi connectivity index (χ4v) is 10.7. The van der Waals surface area contributed by atoms with Gasteiger partial charge in [0, 0.05) is 131 Å². The van der Waals surface area contributed by atoms with Crippen molar-refractivity contribution in [3.8, 4) is 5.88 Å². The number of aromatic nitrogens is 13. The molecule has 0 unspecified atom stereocenters. The van der Waals surface area contributed by atoms with Crippen LogP contribution >= 0.6 is 0 Å². The summed E-state index contributed by atoms with van der Waals surface area (Å²) in [6.45, 7) is 54.9. The number of rotatable bonds is 18. The molecule has 646 valence electrons. The van der Waals surface area contributed by atoms with Gasteiger partial charge in [-0.25, -0.2) is 24.9 Å². The molecule has 10 heterocycles. The van der Waals surface area contributed by atoms with E-state index in [4.69, 9.17) is 14.2 Å². The molecule has 21 nitrogen and oxygen atoms in total. The molecule has 2 fully saturated rings. The minimum Gasteiger partial charge on any atom is -0.478 e. The summed E-state index contributed by atoms with van der Waals surface area (Å²) in [5.41, 5.74) is 9.29. The molecule has 0 spiro atoms. The number of hydrogen-bond acceptors (Lipinski definition) is 16. The highest BCUT2D eigenvalue weighted by molar-refractivity contribution is 5.94. The number of amides is 2. The second kappa shape index (κ2) is 51.6. The first-order valence-electron chi connectivity index (χ1n) is 40.8. The molecule has 0 atom stereocenters. The minimum absolute atomic E-state index is 0.0160. The Morgan fingerprint density at radius 3 is 1.49 bits per heavy atom. The third-order valence-electron chi connectivity index (χ3n) is 18.2. The van der Waals surface area contributed by atoms with E-state index in [1.807, 2.05) is 91.3 Å². The second-order valence-corrected chi connectivity index (χ2v) is 32.2. The van der Waals surface area contributed by atoms with Gasteiger partial charge in [-0.2, -0.15) is 41.6 Å². The summed E-state index contributed by atoms with van der Waals surface area (Å²) >= 11 is 0. The van der Waals surface area contributed by atoms with E-state index in [2.05, 4.69) is 220 Å². The normalized spacial score (nSPS) is 12.9. The Morgan fingerprint density at radius 2 is 1.00 bits per heavy atom. The number of pyridine rings is 3. The predicted molar refractivity (Wildman–Crippen MR) is 457 cm³/mol. The first-order chi connectivity index (χ1) is 55.0. The van der Waals surface area contributed by atoms with Gasteiger partial charge < -0.3 is 29.3 Å². The van der Waals surface area contributed by atoms with Gasteiger partial charge in [0.15, 0.2) is 0 Å². The van der Waals surface area contributed by atoms with E-state index < -0.39 is 23.6 Å². The van der Waals surface area contributed by atoms with Crippen molar-refractivity contribution in [2.75, 3.05) is 72.2 Å². The molecule has 0 saturated carbocycles. The number of nitrogens with zero attached hydrogens (tertiary/aromatic N) is 15. The highest BCUT2D eigenvalue weighted by Gasteiger charge is 2.33. The molecule has 117 heavy (non-hydrogen) atoms. The Morgan fingerprint density at radius 1 is 0.504 bits per heavy atom. The Bertz CT molecular complexity index is 4160. The number of halogens is 6. The average molecular weight is 1630 g/mol. The van der Waals surface area contributed by atoms with Crippen molar-refractivity contribution in [3.63, 3.8) is 0 Å². The monoisotopic (exact) mass is 1630 g/mol. The average Bonchev–Trinajstić information content (AvgIpc) is 1.79. The van der Waals surface area contributed by atoms with E-state index in [0.717, 1.165) is 106 Å². The summed E-state index contributed by atoms with van der Waals surface area (Å²) in [5.74, 6) is 5.96. The van der Waals surface area contributed by atoms with Gasteiger partial charge in [-0.05, 0) is 175 Å². The molecule has 8 aromatic heterocycles. The summed E-state index contributed by atoms with van der Waals surface area (Å²) in [7, 11) is 5.14. The van der Waals surface area contributed by atoms with Gasteiger partial charge in [-0.1, -0.05) is 151 Å². The number of hydrogen-bond donors (Lipinski definition) is 1. The van der Waals surface area contributed by atoms with Crippen LogP contribution in [-0.4, -0.2) is 148 Å². The summed E-state index contributed by atoms with van der Waals surface area (Å²) in [6, 6.07) is 21.5. The number of nitrogens with one attached hydrogen (secondary N) is 1. The van der Waals surface area contributed by atoms with E-state index in [-0.39, 0.29) is 23.7 Å². The maximum Gasteiger partial charge on any atom is 0.433 e. The summed E-state index contributed by atoms with van der Waals surface area (Å²) in [4.78, 5) is 54.2. The lowest BCUT2D eigenvalue weighted by atomic mass is 10.0. The molecule has 11 rings (SSSR count). The number of carbonyl (C=O) groups excluding carboxylic acids is 2. The van der Waals surface area contributed by atoms with Crippen LogP contribution in [0, 0.1) is 5.92 Å². The van der Waals surface area contributed by atoms with Gasteiger partial charge in [-0.3, -0.25) is 33.6 Å². The molecule has 2 saturated heterocycles. The SMILES string of the molecule is CC(C)Cn1cc(C(C)C)cn1.CC(C)c1cc(C(=O)N(C)C)ccn1.CC(C)c1cc(C(F)(F)F)ccn1.CC(C)c1cc(C(F)(F)F)ncn1.CC(C)c1ccnc(N2CCOCC2)c1.CC(C)c1cnn(C(C)C)c1.CC(C)c1cnn(C2CCOCC2)c1.CCOc1cc(C(C)C)ncn1.CNC(=O)c1cccc(C(C)C)c1. The van der Waals surface area contributed by atoms with Crippen LogP contribution < -0.4 is 15.0 Å². The Hall–Kier alpha value is -9.50. The number of benzene rings is 1. The predicted octanol–water partition coefficient (Wildman–Crippen LogP) is 21.6. The highest BCUT2D eigenvalue weighted by atomic mass is 19.4. The Labute approximate surface area is 693 Å². The fourth-order valence-electron chi connectivity index (χ4n) is 10.7. The molecule has 0 aliphatic carbocycles. The summed E-state index contributed by atoms with van der Waals surface area (Å²) in [5, 5.41) is 15.6. The van der Waals surface area contributed by atoms with Crippen LogP contribution in [0.5, 0.6) is 5.88 Å². The largest absolute Gasteiger partial charge is 0.478 e. The first kappa shape index (κ1) is 102. The van der Waals surface area contributed by atoms with E-state index in [1.54, 1.807) is 58.5 Å². The van der Waals surface area contributed by atoms with Gasteiger partial charge in [-0.15, -0.1) is 0 Å². The van der Waals surface area contributed by atoms with Crippen LogP contribution in [0.25, 0.3) is 0 Å². The van der Waals surface area contributed by atoms with Crippen molar-refractivity contribution in [3.05, 3.63) is 214 Å². The van der Waals surface area contributed by atoms with Crippen LogP contribution in [-0.2, 0) is 28.4 Å². The summed E-state index contributed by atoms with van der Waals surface area (Å²) in [6.07, 6.45) is 13.2. The lowest BCUT2D eigenvalue weighted by molar-refractivity contribution is -0.141. The van der Waals surface area contributed by atoms with E-state index in [0.29, 0.717) is 88.9 Å². The van der Waals surface area contributed by atoms with Crippen LogP contribution in [0.3, 0.4) is 0 Å². The molecule has 9 aromatic rings. The van der Waals surface area contributed by atoms with Crippen LogP contribution in [0.15, 0.2) is 141 Å². The van der Waals surface area contributed by atoms with E-state index in [9.17, 15) is 35.9 Å². The van der Waals surface area contributed by atoms with Crippen molar-refractivity contribution < 1.29 is 50.1 Å².